The molecule has 1 aliphatic rings. The highest BCUT2D eigenvalue weighted by Gasteiger charge is 2.31. The Hall–Kier alpha value is -3.65. The topological polar surface area (TPSA) is 87.8 Å². The largest absolute Gasteiger partial charge is 0.332 e. The second-order valence-electron chi connectivity index (χ2n) is 7.00. The Balaban J connectivity index is 1.59. The van der Waals surface area contributed by atoms with E-state index in [1.54, 1.807) is 17.0 Å². The predicted molar refractivity (Wildman–Crippen MR) is 125 cm³/mol. The van der Waals surface area contributed by atoms with Gasteiger partial charge in [-0.3, -0.25) is 15.1 Å². The van der Waals surface area contributed by atoms with Crippen LogP contribution in [0.25, 0.3) is 0 Å². The van der Waals surface area contributed by atoms with Gasteiger partial charge in [0.2, 0.25) is 0 Å². The standard InChI is InChI=1S/C23H20N4O3S/c1-16-7-5-6-10-20(16)26(22(28)25-18-8-3-2-4-9-18)23-24-15-21(31-23)17-11-13-19(14-12-17)27(29)30/h2-14,21H,15H2,1H3,(H,25,28)/t21-/m0/s1. The summed E-state index contributed by atoms with van der Waals surface area (Å²) in [7, 11) is 0. The molecule has 31 heavy (non-hydrogen) atoms. The number of benzene rings is 3. The van der Waals surface area contributed by atoms with E-state index in [9.17, 15) is 14.9 Å². The summed E-state index contributed by atoms with van der Waals surface area (Å²) in [6, 6.07) is 23.1. The summed E-state index contributed by atoms with van der Waals surface area (Å²) in [6.07, 6.45) is 0. The number of carbonyl (C=O) groups excluding carboxylic acids is 1. The number of para-hydroxylation sites is 2. The number of hydrogen-bond donors (Lipinski definition) is 1. The molecule has 156 valence electrons. The number of hydrogen-bond acceptors (Lipinski definition) is 5. The van der Waals surface area contributed by atoms with Crippen molar-refractivity contribution in [3.63, 3.8) is 0 Å². The van der Waals surface area contributed by atoms with Crippen molar-refractivity contribution in [2.24, 2.45) is 4.99 Å². The SMILES string of the molecule is Cc1ccccc1N(C(=O)Nc1ccccc1)C1=NC[C@@H](c2ccc([N+](=O)[O-])cc2)S1. The molecule has 0 radical (unpaired) electrons. The van der Waals surface area contributed by atoms with Gasteiger partial charge in [0.25, 0.3) is 5.69 Å². The molecule has 1 heterocycles. The van der Waals surface area contributed by atoms with Crippen molar-refractivity contribution in [1.29, 1.82) is 0 Å². The lowest BCUT2D eigenvalue weighted by Gasteiger charge is -2.24. The molecule has 1 atom stereocenters. The van der Waals surface area contributed by atoms with E-state index in [4.69, 9.17) is 0 Å². The molecule has 8 heteroatoms. The van der Waals surface area contributed by atoms with Crippen LogP contribution in [-0.4, -0.2) is 22.7 Å². The van der Waals surface area contributed by atoms with Gasteiger partial charge in [-0.05, 0) is 36.2 Å². The van der Waals surface area contributed by atoms with Gasteiger partial charge in [-0.1, -0.05) is 60.3 Å². The highest BCUT2D eigenvalue weighted by atomic mass is 32.2. The minimum absolute atomic E-state index is 0.0214. The summed E-state index contributed by atoms with van der Waals surface area (Å²) in [5.41, 5.74) is 3.39. The molecule has 0 aliphatic carbocycles. The zero-order valence-electron chi connectivity index (χ0n) is 16.8. The monoisotopic (exact) mass is 432 g/mol. The van der Waals surface area contributed by atoms with Crippen LogP contribution in [0.3, 0.4) is 0 Å². The normalized spacial score (nSPS) is 15.3. The number of nitro benzene ring substituents is 1. The van der Waals surface area contributed by atoms with Crippen LogP contribution >= 0.6 is 11.8 Å². The average Bonchev–Trinajstić information content (AvgIpc) is 3.26. The lowest BCUT2D eigenvalue weighted by atomic mass is 10.1. The zero-order chi connectivity index (χ0) is 21.8. The summed E-state index contributed by atoms with van der Waals surface area (Å²) in [5, 5.41) is 14.4. The van der Waals surface area contributed by atoms with Gasteiger partial charge in [0.15, 0.2) is 5.17 Å². The van der Waals surface area contributed by atoms with Crippen molar-refractivity contribution >= 4 is 40.0 Å². The van der Waals surface area contributed by atoms with Crippen molar-refractivity contribution < 1.29 is 9.72 Å². The van der Waals surface area contributed by atoms with Crippen LogP contribution in [-0.2, 0) is 0 Å². The fourth-order valence-electron chi connectivity index (χ4n) is 3.28. The fourth-order valence-corrected chi connectivity index (χ4v) is 4.42. The summed E-state index contributed by atoms with van der Waals surface area (Å²) < 4.78 is 0. The van der Waals surface area contributed by atoms with Gasteiger partial charge in [0.05, 0.1) is 22.4 Å². The number of thioether (sulfide) groups is 1. The summed E-state index contributed by atoms with van der Waals surface area (Å²) in [4.78, 5) is 30.0. The van der Waals surface area contributed by atoms with E-state index in [-0.39, 0.29) is 17.0 Å². The van der Waals surface area contributed by atoms with Crippen molar-refractivity contribution in [2.45, 2.75) is 12.2 Å². The quantitative estimate of drug-likeness (QED) is 0.418. The van der Waals surface area contributed by atoms with E-state index in [2.05, 4.69) is 10.3 Å². The van der Waals surface area contributed by atoms with Crippen molar-refractivity contribution in [3.05, 3.63) is 100 Å². The van der Waals surface area contributed by atoms with Crippen LogP contribution in [0.2, 0.25) is 0 Å². The fraction of sp³-hybridized carbons (Fsp3) is 0.130. The minimum atomic E-state index is -0.415. The Morgan fingerprint density at radius 3 is 2.42 bits per heavy atom. The van der Waals surface area contributed by atoms with Crippen molar-refractivity contribution in [1.82, 2.24) is 0 Å². The van der Waals surface area contributed by atoms with E-state index in [0.717, 1.165) is 16.8 Å². The number of urea groups is 1. The van der Waals surface area contributed by atoms with Gasteiger partial charge in [-0.25, -0.2) is 9.69 Å². The third-order valence-electron chi connectivity index (χ3n) is 4.89. The third-order valence-corrected chi connectivity index (χ3v) is 6.12. The lowest BCUT2D eigenvalue weighted by Crippen LogP contribution is -2.38. The van der Waals surface area contributed by atoms with Crippen LogP contribution in [0.5, 0.6) is 0 Å². The number of aliphatic imine (C=N–C) groups is 1. The number of anilines is 2. The Morgan fingerprint density at radius 1 is 1.06 bits per heavy atom. The maximum atomic E-state index is 13.3. The second kappa shape index (κ2) is 9.01. The molecule has 0 saturated carbocycles. The molecule has 0 unspecified atom stereocenters. The molecule has 0 fully saturated rings. The summed E-state index contributed by atoms with van der Waals surface area (Å²) in [6.45, 7) is 2.44. The highest BCUT2D eigenvalue weighted by molar-refractivity contribution is 8.14. The van der Waals surface area contributed by atoms with Crippen LogP contribution in [0, 0.1) is 17.0 Å². The Morgan fingerprint density at radius 2 is 1.74 bits per heavy atom. The molecular weight excluding hydrogens is 412 g/mol. The Bertz CT molecular complexity index is 1130. The molecule has 0 saturated heterocycles. The molecule has 0 aromatic heterocycles. The van der Waals surface area contributed by atoms with E-state index in [0.29, 0.717) is 17.4 Å². The smallest absolute Gasteiger partial charge is 0.307 e. The molecule has 3 aromatic carbocycles. The van der Waals surface area contributed by atoms with Crippen molar-refractivity contribution in [2.75, 3.05) is 16.8 Å². The molecule has 3 aromatic rings. The van der Waals surface area contributed by atoms with Gasteiger partial charge in [0.1, 0.15) is 0 Å². The maximum Gasteiger partial charge on any atom is 0.332 e. The number of rotatable bonds is 4. The van der Waals surface area contributed by atoms with Crippen LogP contribution in [0.4, 0.5) is 21.9 Å². The molecule has 0 bridgehead atoms. The van der Waals surface area contributed by atoms with Crippen molar-refractivity contribution in [3.8, 4) is 0 Å². The van der Waals surface area contributed by atoms with Crippen LogP contribution in [0.1, 0.15) is 16.4 Å². The molecule has 7 nitrogen and oxygen atoms in total. The number of non-ortho nitro benzene ring substituents is 1. The first-order chi connectivity index (χ1) is 15.0. The van der Waals surface area contributed by atoms with Gasteiger partial charge in [-0.2, -0.15) is 0 Å². The number of carbonyl (C=O) groups is 1. The summed E-state index contributed by atoms with van der Waals surface area (Å²) in [5.74, 6) is 0. The number of amides is 2. The molecule has 4 rings (SSSR count). The summed E-state index contributed by atoms with van der Waals surface area (Å²) >= 11 is 1.47. The first-order valence-corrected chi connectivity index (χ1v) is 10.6. The third kappa shape index (κ3) is 4.59. The number of nitro groups is 1. The Kier molecular flexibility index (Phi) is 5.99. The molecular formula is C23H20N4O3S. The number of nitrogens with zero attached hydrogens (tertiary/aromatic N) is 3. The first-order valence-electron chi connectivity index (χ1n) is 9.70. The van der Waals surface area contributed by atoms with E-state index in [1.807, 2.05) is 61.5 Å². The number of nitrogens with one attached hydrogen (secondary N) is 1. The zero-order valence-corrected chi connectivity index (χ0v) is 17.6. The van der Waals surface area contributed by atoms with E-state index in [1.165, 1.54) is 23.9 Å². The first kappa shape index (κ1) is 20.6. The second-order valence-corrected chi connectivity index (χ2v) is 8.17. The number of aryl methyl sites for hydroxylation is 1. The predicted octanol–water partition coefficient (Wildman–Crippen LogP) is 5.79. The number of amidine groups is 1. The van der Waals surface area contributed by atoms with Crippen LogP contribution < -0.4 is 10.2 Å². The highest BCUT2D eigenvalue weighted by Crippen LogP contribution is 2.39. The molecule has 2 amide bonds. The van der Waals surface area contributed by atoms with Gasteiger partial charge < -0.3 is 5.32 Å². The van der Waals surface area contributed by atoms with E-state index < -0.39 is 4.92 Å². The average molecular weight is 433 g/mol. The van der Waals surface area contributed by atoms with E-state index >= 15 is 0 Å². The van der Waals surface area contributed by atoms with Crippen LogP contribution in [0.15, 0.2) is 83.9 Å². The van der Waals surface area contributed by atoms with Gasteiger partial charge >= 0.3 is 6.03 Å². The maximum absolute atomic E-state index is 13.3. The Labute approximate surface area is 184 Å². The minimum Gasteiger partial charge on any atom is -0.307 e. The van der Waals surface area contributed by atoms with Gasteiger partial charge in [-0.15, -0.1) is 0 Å². The lowest BCUT2D eigenvalue weighted by molar-refractivity contribution is -0.384. The molecule has 1 aliphatic heterocycles. The molecule has 1 N–H and O–H groups in total. The van der Waals surface area contributed by atoms with Gasteiger partial charge in [0, 0.05) is 17.8 Å². The molecule has 0 spiro atoms.